The molecule has 0 radical (unpaired) electrons. The standard InChI is InChI=1S/C24H15O4PS4.Na/c25-29(26,27-19-13-15-5-1-3-7-21(15)32-23-17(19)9-11-30-23)28-20-14-16-6-2-4-8-22(16)33-24-18(20)10-12-31-24;/h1-14H,(H,25,26);/q;+1/p-1. The van der Waals surface area contributed by atoms with Crippen LogP contribution in [0, 0.1) is 0 Å². The first-order valence-corrected chi connectivity index (χ1v) is 14.7. The Morgan fingerprint density at radius 3 is 1.59 bits per heavy atom. The second-order valence-corrected chi connectivity index (χ2v) is 12.9. The molecule has 4 heterocycles. The van der Waals surface area contributed by atoms with Gasteiger partial charge in [0.05, 0.1) is 8.42 Å². The van der Waals surface area contributed by atoms with Crippen LogP contribution in [-0.2, 0) is 13.6 Å². The second kappa shape index (κ2) is 10.1. The fourth-order valence-corrected chi connectivity index (χ4v) is 8.61. The van der Waals surface area contributed by atoms with Crippen molar-refractivity contribution in [2.75, 3.05) is 0 Å². The van der Waals surface area contributed by atoms with Gasteiger partial charge in [-0.2, -0.15) is 0 Å². The molecular formula is C24H14NaO4PS4. The van der Waals surface area contributed by atoms with Crippen LogP contribution in [0.15, 0.2) is 89.6 Å². The van der Waals surface area contributed by atoms with Crippen LogP contribution in [0.1, 0.15) is 22.3 Å². The molecule has 0 amide bonds. The van der Waals surface area contributed by atoms with Crippen molar-refractivity contribution in [2.45, 2.75) is 18.2 Å². The Bertz CT molecular complexity index is 1380. The summed E-state index contributed by atoms with van der Waals surface area (Å²) < 4.78 is 26.4. The molecule has 0 spiro atoms. The second-order valence-electron chi connectivity index (χ2n) is 7.17. The van der Waals surface area contributed by atoms with Crippen LogP contribution in [0.25, 0.3) is 23.7 Å². The summed E-state index contributed by atoms with van der Waals surface area (Å²) in [6, 6.07) is 19.4. The fourth-order valence-electron chi connectivity index (χ4n) is 3.55. The molecule has 0 N–H and O–H groups in total. The molecule has 2 aliphatic rings. The van der Waals surface area contributed by atoms with Gasteiger partial charge in [0, 0.05) is 20.9 Å². The van der Waals surface area contributed by atoms with Crippen molar-refractivity contribution in [3.63, 3.8) is 0 Å². The van der Waals surface area contributed by atoms with E-state index in [1.165, 1.54) is 0 Å². The number of hydrogen-bond donors (Lipinski definition) is 0. The smallest absolute Gasteiger partial charge is 0.736 e. The largest absolute Gasteiger partial charge is 1.00 e. The molecule has 0 atom stereocenters. The Hall–Kier alpha value is -1.19. The monoisotopic (exact) mass is 548 g/mol. The Kier molecular flexibility index (Phi) is 7.24. The molecule has 0 fully saturated rings. The third kappa shape index (κ3) is 4.89. The molecule has 2 aromatic carbocycles. The predicted molar refractivity (Wildman–Crippen MR) is 135 cm³/mol. The summed E-state index contributed by atoms with van der Waals surface area (Å²) in [7, 11) is -4.75. The predicted octanol–water partition coefficient (Wildman–Crippen LogP) is 4.94. The van der Waals surface area contributed by atoms with E-state index in [0.29, 0.717) is 0 Å². The number of fused-ring (bicyclic) bond motifs is 4. The van der Waals surface area contributed by atoms with E-state index in [1.54, 1.807) is 58.3 Å². The van der Waals surface area contributed by atoms with Gasteiger partial charge in [-0.15, -0.1) is 22.7 Å². The van der Waals surface area contributed by atoms with E-state index in [9.17, 15) is 9.46 Å². The molecule has 4 nitrogen and oxygen atoms in total. The van der Waals surface area contributed by atoms with Crippen molar-refractivity contribution in [2.24, 2.45) is 0 Å². The summed E-state index contributed by atoms with van der Waals surface area (Å²) in [5.74, 6) is 0.521. The van der Waals surface area contributed by atoms with E-state index in [0.717, 1.165) is 40.5 Å². The summed E-state index contributed by atoms with van der Waals surface area (Å²) in [4.78, 5) is 15.3. The molecule has 0 saturated heterocycles. The number of rotatable bonds is 4. The molecule has 0 saturated carbocycles. The van der Waals surface area contributed by atoms with E-state index in [1.807, 2.05) is 71.4 Å². The summed E-state index contributed by atoms with van der Waals surface area (Å²) in [5, 5.41) is 3.86. The maximum atomic E-state index is 13.2. The van der Waals surface area contributed by atoms with E-state index >= 15 is 0 Å². The summed E-state index contributed by atoms with van der Waals surface area (Å²) in [5.41, 5.74) is 3.29. The molecule has 34 heavy (non-hydrogen) atoms. The summed E-state index contributed by atoms with van der Waals surface area (Å²) in [6.45, 7) is 0. The SMILES string of the molecule is O=P([O-])(OC1=Cc2ccccc2Sc2sccc21)OC1=Cc2ccccc2Sc2sccc21.[Na+]. The average molecular weight is 549 g/mol. The number of phosphoric acid groups is 1. The quantitative estimate of drug-likeness (QED) is 0.266. The third-order valence-electron chi connectivity index (χ3n) is 5.03. The molecule has 0 aliphatic carbocycles. The van der Waals surface area contributed by atoms with Crippen LogP contribution < -0.4 is 34.5 Å². The van der Waals surface area contributed by atoms with Crippen molar-refractivity contribution in [1.29, 1.82) is 0 Å². The van der Waals surface area contributed by atoms with Gasteiger partial charge in [-0.05, 0) is 58.3 Å². The molecule has 4 aromatic rings. The Morgan fingerprint density at radius 1 is 0.676 bits per heavy atom. The van der Waals surface area contributed by atoms with Crippen LogP contribution in [0.4, 0.5) is 0 Å². The number of phosphoric ester groups is 1. The fraction of sp³-hybridized carbons (Fsp3) is 0. The summed E-state index contributed by atoms with van der Waals surface area (Å²) in [6.07, 6.45) is 3.52. The van der Waals surface area contributed by atoms with Gasteiger partial charge in [-0.25, -0.2) is 4.57 Å². The van der Waals surface area contributed by atoms with Crippen molar-refractivity contribution in [3.8, 4) is 0 Å². The molecule has 6 rings (SSSR count). The van der Waals surface area contributed by atoms with E-state index in [4.69, 9.17) is 9.05 Å². The van der Waals surface area contributed by atoms with E-state index in [-0.39, 0.29) is 41.1 Å². The molecule has 0 bridgehead atoms. The Labute approximate surface area is 235 Å². The van der Waals surface area contributed by atoms with Crippen molar-refractivity contribution in [1.82, 2.24) is 0 Å². The van der Waals surface area contributed by atoms with E-state index < -0.39 is 7.82 Å². The normalized spacial score (nSPS) is 14.0. The zero-order valence-electron chi connectivity index (χ0n) is 17.8. The maximum Gasteiger partial charge on any atom is 1.00 e. The number of thiophene rings is 2. The van der Waals surface area contributed by atoms with Gasteiger partial charge in [0.15, 0.2) is 0 Å². The van der Waals surface area contributed by atoms with Gasteiger partial charge in [0.1, 0.15) is 11.5 Å². The minimum absolute atomic E-state index is 0. The molecule has 0 unspecified atom stereocenters. The maximum absolute atomic E-state index is 13.2. The van der Waals surface area contributed by atoms with Gasteiger partial charge in [0.2, 0.25) is 0 Å². The van der Waals surface area contributed by atoms with Crippen molar-refractivity contribution >= 4 is 77.7 Å². The van der Waals surface area contributed by atoms with Gasteiger partial charge in [-0.3, -0.25) is 0 Å². The molecule has 2 aliphatic heterocycles. The van der Waals surface area contributed by atoms with Crippen LogP contribution in [0.2, 0.25) is 0 Å². The zero-order valence-corrected chi connectivity index (χ0v) is 24.0. The number of benzene rings is 2. The first-order valence-electron chi connectivity index (χ1n) is 9.89. The summed E-state index contributed by atoms with van der Waals surface area (Å²) >= 11 is 6.31. The average Bonchev–Trinajstić information content (AvgIpc) is 3.39. The van der Waals surface area contributed by atoms with Gasteiger partial charge in [-0.1, -0.05) is 59.9 Å². The first-order chi connectivity index (χ1) is 16.1. The van der Waals surface area contributed by atoms with Gasteiger partial charge >= 0.3 is 37.4 Å². The zero-order chi connectivity index (χ0) is 22.4. The van der Waals surface area contributed by atoms with Gasteiger partial charge < -0.3 is 13.9 Å². The van der Waals surface area contributed by atoms with Gasteiger partial charge in [0.25, 0.3) is 0 Å². The molecule has 10 heteroatoms. The van der Waals surface area contributed by atoms with Crippen LogP contribution >= 0.6 is 54.0 Å². The molecule has 164 valence electrons. The molecule has 2 aromatic heterocycles. The van der Waals surface area contributed by atoms with Crippen molar-refractivity contribution in [3.05, 3.63) is 93.7 Å². The van der Waals surface area contributed by atoms with Crippen LogP contribution in [0.3, 0.4) is 0 Å². The minimum atomic E-state index is -4.75. The van der Waals surface area contributed by atoms with Crippen molar-refractivity contribution < 1.29 is 48.1 Å². The molecular weight excluding hydrogens is 534 g/mol. The number of hydrogen-bond acceptors (Lipinski definition) is 8. The topological polar surface area (TPSA) is 58.6 Å². The van der Waals surface area contributed by atoms with E-state index in [2.05, 4.69) is 0 Å². The Balaban J connectivity index is 0.00000241. The minimum Gasteiger partial charge on any atom is -0.736 e. The van der Waals surface area contributed by atoms with Crippen LogP contribution in [0.5, 0.6) is 0 Å². The van der Waals surface area contributed by atoms with Crippen LogP contribution in [-0.4, -0.2) is 0 Å². The first kappa shape index (κ1) is 24.5. The Morgan fingerprint density at radius 2 is 1.12 bits per heavy atom. The third-order valence-corrected chi connectivity index (χ3v) is 10.4.